The number of hydrogen-bond acceptors (Lipinski definition) is 3. The number of carbonyl (C=O) groups is 2. The maximum atomic E-state index is 12.5. The fourth-order valence-electron chi connectivity index (χ4n) is 2.76. The second-order valence-electron chi connectivity index (χ2n) is 5.39. The largest absolute Gasteiger partial charge is 0.480 e. The van der Waals surface area contributed by atoms with Gasteiger partial charge in [0.1, 0.15) is 6.54 Å². The molecule has 2 amide bonds. The van der Waals surface area contributed by atoms with Gasteiger partial charge in [-0.3, -0.25) is 4.79 Å². The van der Waals surface area contributed by atoms with Crippen molar-refractivity contribution in [2.24, 2.45) is 0 Å². The second-order valence-corrected chi connectivity index (χ2v) is 5.39. The second kappa shape index (κ2) is 6.23. The third kappa shape index (κ3) is 3.59. The molecule has 1 aliphatic heterocycles. The zero-order chi connectivity index (χ0) is 13.8. The Labute approximate surface area is 113 Å². The molecule has 1 atom stereocenters. The zero-order valence-corrected chi connectivity index (χ0v) is 11.1. The molecule has 6 nitrogen and oxygen atoms in total. The van der Waals surface area contributed by atoms with Gasteiger partial charge in [0.15, 0.2) is 0 Å². The number of carbonyl (C=O) groups excluding carboxylic acids is 1. The van der Waals surface area contributed by atoms with Gasteiger partial charge in [-0.15, -0.1) is 0 Å². The lowest BCUT2D eigenvalue weighted by Crippen LogP contribution is -2.48. The Kier molecular flexibility index (Phi) is 4.63. The summed E-state index contributed by atoms with van der Waals surface area (Å²) in [5.41, 5.74) is 0. The van der Waals surface area contributed by atoms with Gasteiger partial charge in [-0.25, -0.2) is 4.79 Å². The molecule has 0 aromatic rings. The van der Waals surface area contributed by atoms with Crippen LogP contribution in [-0.2, 0) is 4.79 Å². The van der Waals surface area contributed by atoms with Crippen LogP contribution in [-0.4, -0.2) is 63.8 Å². The van der Waals surface area contributed by atoms with Gasteiger partial charge in [0.2, 0.25) is 0 Å². The molecular weight excluding hydrogens is 248 g/mol. The molecule has 6 heteroatoms. The normalized spacial score (nSPS) is 22.6. The highest BCUT2D eigenvalue weighted by Crippen LogP contribution is 2.30. The van der Waals surface area contributed by atoms with Crippen molar-refractivity contribution in [2.45, 2.75) is 50.6 Å². The van der Waals surface area contributed by atoms with Crippen LogP contribution >= 0.6 is 0 Å². The molecule has 0 bridgehead atoms. The van der Waals surface area contributed by atoms with E-state index in [0.29, 0.717) is 13.0 Å². The number of carboxylic acid groups (broad SMARTS) is 1. The van der Waals surface area contributed by atoms with Crippen LogP contribution in [0.1, 0.15) is 38.5 Å². The molecule has 0 aromatic heterocycles. The van der Waals surface area contributed by atoms with Crippen LogP contribution in [0.4, 0.5) is 4.79 Å². The maximum absolute atomic E-state index is 12.5. The monoisotopic (exact) mass is 270 g/mol. The molecule has 0 radical (unpaired) electrons. The third-order valence-corrected chi connectivity index (χ3v) is 3.86. The average Bonchev–Trinajstić information content (AvgIpc) is 3.11. The quantitative estimate of drug-likeness (QED) is 0.751. The van der Waals surface area contributed by atoms with Crippen LogP contribution in [0.3, 0.4) is 0 Å². The Morgan fingerprint density at radius 2 is 2.00 bits per heavy atom. The number of aliphatic hydroxyl groups excluding tert-OH is 1. The highest BCUT2D eigenvalue weighted by atomic mass is 16.4. The van der Waals surface area contributed by atoms with Gasteiger partial charge < -0.3 is 20.0 Å². The number of hydrogen-bond donors (Lipinski definition) is 2. The maximum Gasteiger partial charge on any atom is 0.323 e. The van der Waals surface area contributed by atoms with Crippen molar-refractivity contribution in [2.75, 3.05) is 19.7 Å². The van der Waals surface area contributed by atoms with Gasteiger partial charge in [0.05, 0.1) is 0 Å². The van der Waals surface area contributed by atoms with E-state index in [1.54, 1.807) is 4.90 Å². The molecule has 1 saturated heterocycles. The van der Waals surface area contributed by atoms with E-state index >= 15 is 0 Å². The third-order valence-electron chi connectivity index (χ3n) is 3.86. The van der Waals surface area contributed by atoms with Crippen LogP contribution in [0.15, 0.2) is 0 Å². The van der Waals surface area contributed by atoms with E-state index in [0.717, 1.165) is 32.1 Å². The van der Waals surface area contributed by atoms with Crippen molar-refractivity contribution in [1.29, 1.82) is 0 Å². The molecule has 0 aromatic carbocycles. The topological polar surface area (TPSA) is 81.1 Å². The van der Waals surface area contributed by atoms with Crippen molar-refractivity contribution in [3.63, 3.8) is 0 Å². The molecule has 2 fully saturated rings. The van der Waals surface area contributed by atoms with Crippen molar-refractivity contribution in [1.82, 2.24) is 9.80 Å². The SMILES string of the molecule is O=C(O)CN(C(=O)N1CCCC1CCCO)C1CC1. The first-order chi connectivity index (χ1) is 9.13. The van der Waals surface area contributed by atoms with Gasteiger partial charge in [0, 0.05) is 25.2 Å². The molecule has 108 valence electrons. The standard InChI is InChI=1S/C13H22N2O4/c16-8-2-4-10-3-1-7-14(10)13(19)15(9-12(17)18)11-5-6-11/h10-11,16H,1-9H2,(H,17,18). The number of aliphatic hydroxyl groups is 1. The number of carboxylic acids is 1. The van der Waals surface area contributed by atoms with E-state index in [4.69, 9.17) is 10.2 Å². The molecular formula is C13H22N2O4. The van der Waals surface area contributed by atoms with E-state index in [2.05, 4.69) is 0 Å². The average molecular weight is 270 g/mol. The smallest absolute Gasteiger partial charge is 0.323 e. The predicted octanol–water partition coefficient (Wildman–Crippen LogP) is 0.892. The predicted molar refractivity (Wildman–Crippen MR) is 68.8 cm³/mol. The highest BCUT2D eigenvalue weighted by Gasteiger charge is 2.39. The molecule has 2 aliphatic rings. The molecule has 19 heavy (non-hydrogen) atoms. The van der Waals surface area contributed by atoms with Gasteiger partial charge in [-0.2, -0.15) is 0 Å². The number of urea groups is 1. The lowest BCUT2D eigenvalue weighted by Gasteiger charge is -2.31. The summed E-state index contributed by atoms with van der Waals surface area (Å²) in [4.78, 5) is 26.6. The number of aliphatic carboxylic acids is 1. The van der Waals surface area contributed by atoms with Gasteiger partial charge in [-0.1, -0.05) is 0 Å². The first kappa shape index (κ1) is 14.1. The van der Waals surface area contributed by atoms with Crippen molar-refractivity contribution >= 4 is 12.0 Å². The van der Waals surface area contributed by atoms with Crippen LogP contribution < -0.4 is 0 Å². The summed E-state index contributed by atoms with van der Waals surface area (Å²) in [6.07, 6.45) is 5.23. The van der Waals surface area contributed by atoms with E-state index in [9.17, 15) is 9.59 Å². The molecule has 1 aliphatic carbocycles. The van der Waals surface area contributed by atoms with Crippen LogP contribution in [0, 0.1) is 0 Å². The zero-order valence-electron chi connectivity index (χ0n) is 11.1. The summed E-state index contributed by atoms with van der Waals surface area (Å²) in [6.45, 7) is 0.643. The minimum Gasteiger partial charge on any atom is -0.480 e. The van der Waals surface area contributed by atoms with E-state index in [-0.39, 0.29) is 31.3 Å². The Morgan fingerprint density at radius 1 is 1.26 bits per heavy atom. The van der Waals surface area contributed by atoms with E-state index in [1.165, 1.54) is 4.90 Å². The Hall–Kier alpha value is -1.30. The summed E-state index contributed by atoms with van der Waals surface area (Å²) >= 11 is 0. The van der Waals surface area contributed by atoms with Crippen LogP contribution in [0.5, 0.6) is 0 Å². The lowest BCUT2D eigenvalue weighted by atomic mass is 10.1. The fourth-order valence-corrected chi connectivity index (χ4v) is 2.76. The van der Waals surface area contributed by atoms with E-state index < -0.39 is 5.97 Å². The number of likely N-dealkylation sites (tertiary alicyclic amines) is 1. The summed E-state index contributed by atoms with van der Waals surface area (Å²) < 4.78 is 0. The lowest BCUT2D eigenvalue weighted by molar-refractivity contribution is -0.137. The Bertz CT molecular complexity index is 344. The molecule has 2 rings (SSSR count). The first-order valence-corrected chi connectivity index (χ1v) is 7.03. The number of rotatable bonds is 6. The van der Waals surface area contributed by atoms with Gasteiger partial charge in [0.25, 0.3) is 0 Å². The molecule has 1 heterocycles. The van der Waals surface area contributed by atoms with Crippen LogP contribution in [0.2, 0.25) is 0 Å². The summed E-state index contributed by atoms with van der Waals surface area (Å²) in [6, 6.07) is 0.141. The van der Waals surface area contributed by atoms with Crippen LogP contribution in [0.25, 0.3) is 0 Å². The molecule has 1 unspecified atom stereocenters. The number of amides is 2. The summed E-state index contributed by atoms with van der Waals surface area (Å²) in [5, 5.41) is 17.8. The van der Waals surface area contributed by atoms with E-state index in [1.807, 2.05) is 0 Å². The molecule has 0 spiro atoms. The van der Waals surface area contributed by atoms with Crippen molar-refractivity contribution in [3.8, 4) is 0 Å². The minimum atomic E-state index is -0.952. The Morgan fingerprint density at radius 3 is 2.58 bits per heavy atom. The summed E-state index contributed by atoms with van der Waals surface area (Å²) in [5.74, 6) is -0.952. The summed E-state index contributed by atoms with van der Waals surface area (Å²) in [7, 11) is 0. The number of nitrogens with zero attached hydrogens (tertiary/aromatic N) is 2. The van der Waals surface area contributed by atoms with Crippen molar-refractivity contribution in [3.05, 3.63) is 0 Å². The Balaban J connectivity index is 1.97. The van der Waals surface area contributed by atoms with Gasteiger partial charge >= 0.3 is 12.0 Å². The highest BCUT2D eigenvalue weighted by molar-refractivity contribution is 5.81. The van der Waals surface area contributed by atoms with Crippen molar-refractivity contribution < 1.29 is 19.8 Å². The molecule has 1 saturated carbocycles. The minimum absolute atomic E-state index is 0.114. The fraction of sp³-hybridized carbons (Fsp3) is 0.846. The first-order valence-electron chi connectivity index (χ1n) is 7.03. The molecule has 2 N–H and O–H groups in total. The van der Waals surface area contributed by atoms with Gasteiger partial charge in [-0.05, 0) is 38.5 Å².